The summed E-state index contributed by atoms with van der Waals surface area (Å²) in [5, 5.41) is 16.7. The van der Waals surface area contributed by atoms with Crippen molar-refractivity contribution in [1.82, 2.24) is 19.7 Å². The van der Waals surface area contributed by atoms with Crippen molar-refractivity contribution in [2.24, 2.45) is 5.92 Å². The molecule has 9 heteroatoms. The lowest BCUT2D eigenvalue weighted by atomic mass is 9.84. The normalized spacial score (nSPS) is 16.9. The Bertz CT molecular complexity index is 1490. The van der Waals surface area contributed by atoms with Crippen LogP contribution in [0.1, 0.15) is 56.5 Å². The number of halogens is 1. The number of pyridine rings is 2. The predicted octanol–water partition coefficient (Wildman–Crippen LogP) is 5.54. The highest BCUT2D eigenvalue weighted by Gasteiger charge is 2.32. The van der Waals surface area contributed by atoms with Crippen molar-refractivity contribution in [2.45, 2.75) is 52.7 Å². The molecule has 5 heterocycles. The van der Waals surface area contributed by atoms with Gasteiger partial charge in [0.05, 0.1) is 23.1 Å². The van der Waals surface area contributed by atoms with Crippen LogP contribution in [0.25, 0.3) is 16.9 Å². The standard InChI is InChI=1S/C28H29FN6O2.C2H6/c1-28(2,37)17-4-3-10-34(16-17)20-7-5-19(6-8-20)33-26-25-22(14-32-27(25)36)21(13-31-26)23-15-30-24-12-18(29)9-11-35(23)24;1-2/h5-9,11-13,15,17,37H,3-4,10,14,16H2,1-2H3,(H,31,33)(H,32,36);1-2H3. The van der Waals surface area contributed by atoms with E-state index in [9.17, 15) is 14.3 Å². The second kappa shape index (κ2) is 10.6. The van der Waals surface area contributed by atoms with Gasteiger partial charge in [-0.05, 0) is 62.6 Å². The zero-order valence-electron chi connectivity index (χ0n) is 22.8. The number of anilines is 3. The molecular weight excluding hydrogens is 495 g/mol. The fraction of sp³-hybridized carbons (Fsp3) is 0.367. The highest BCUT2D eigenvalue weighted by Crippen LogP contribution is 2.35. The van der Waals surface area contributed by atoms with Gasteiger partial charge in [0.15, 0.2) is 0 Å². The van der Waals surface area contributed by atoms with Crippen LogP contribution in [-0.2, 0) is 6.54 Å². The van der Waals surface area contributed by atoms with Crippen molar-refractivity contribution in [1.29, 1.82) is 0 Å². The minimum Gasteiger partial charge on any atom is -0.390 e. The Morgan fingerprint density at radius 1 is 1.13 bits per heavy atom. The average Bonchev–Trinajstić information content (AvgIpc) is 3.54. The second-order valence-electron chi connectivity index (χ2n) is 10.4. The molecule has 6 rings (SSSR count). The lowest BCUT2D eigenvalue weighted by molar-refractivity contribution is 0.0110. The number of piperidine rings is 1. The summed E-state index contributed by atoms with van der Waals surface area (Å²) in [7, 11) is 0. The molecule has 3 N–H and O–H groups in total. The molecule has 1 unspecified atom stereocenters. The summed E-state index contributed by atoms with van der Waals surface area (Å²) in [4.78, 5) is 24.0. The number of hydrogen-bond donors (Lipinski definition) is 3. The van der Waals surface area contributed by atoms with E-state index in [1.165, 1.54) is 12.1 Å². The summed E-state index contributed by atoms with van der Waals surface area (Å²) in [5.74, 6) is 0.179. The van der Waals surface area contributed by atoms with E-state index >= 15 is 0 Å². The number of aliphatic hydroxyl groups is 1. The van der Waals surface area contributed by atoms with E-state index in [-0.39, 0.29) is 17.6 Å². The highest BCUT2D eigenvalue weighted by atomic mass is 19.1. The second-order valence-corrected chi connectivity index (χ2v) is 10.4. The maximum absolute atomic E-state index is 13.6. The number of imidazole rings is 1. The third-order valence-corrected chi connectivity index (χ3v) is 7.51. The van der Waals surface area contributed by atoms with Crippen LogP contribution in [0.5, 0.6) is 0 Å². The topological polar surface area (TPSA) is 94.8 Å². The number of aromatic nitrogens is 3. The SMILES string of the molecule is CC.CC(C)(O)C1CCCN(c2ccc(Nc3ncc(-c4cnc5cc(F)ccn45)c4c3C(=O)NC4)cc2)C1. The van der Waals surface area contributed by atoms with Crippen LogP contribution in [0.15, 0.2) is 55.0 Å². The molecule has 204 valence electrons. The molecular formula is C30H35FN6O2. The molecule has 0 spiro atoms. The molecule has 1 amide bonds. The highest BCUT2D eigenvalue weighted by molar-refractivity contribution is 6.05. The number of hydrogen-bond acceptors (Lipinski definition) is 6. The van der Waals surface area contributed by atoms with E-state index in [1.54, 1.807) is 23.0 Å². The van der Waals surface area contributed by atoms with Gasteiger partial charge in [0, 0.05) is 61.0 Å². The van der Waals surface area contributed by atoms with Crippen LogP contribution < -0.4 is 15.5 Å². The molecule has 0 bridgehead atoms. The Balaban J connectivity index is 0.00000151. The molecule has 1 fully saturated rings. The first-order chi connectivity index (χ1) is 18.8. The maximum Gasteiger partial charge on any atom is 0.255 e. The Labute approximate surface area is 227 Å². The van der Waals surface area contributed by atoms with Gasteiger partial charge in [-0.1, -0.05) is 13.8 Å². The molecule has 0 saturated carbocycles. The van der Waals surface area contributed by atoms with Crippen molar-refractivity contribution in [2.75, 3.05) is 23.3 Å². The van der Waals surface area contributed by atoms with Crippen molar-refractivity contribution in [3.8, 4) is 11.3 Å². The summed E-state index contributed by atoms with van der Waals surface area (Å²) < 4.78 is 15.4. The van der Waals surface area contributed by atoms with Crippen LogP contribution in [0.2, 0.25) is 0 Å². The Morgan fingerprint density at radius 3 is 2.64 bits per heavy atom. The Kier molecular flexibility index (Phi) is 7.27. The molecule has 2 aliphatic heterocycles. The van der Waals surface area contributed by atoms with E-state index in [4.69, 9.17) is 0 Å². The molecule has 3 aromatic heterocycles. The lowest BCUT2D eigenvalue weighted by Gasteiger charge is -2.39. The number of amides is 1. The summed E-state index contributed by atoms with van der Waals surface area (Å²) in [6.07, 6.45) is 7.11. The molecule has 1 aromatic carbocycles. The summed E-state index contributed by atoms with van der Waals surface area (Å²) in [6, 6.07) is 10.8. The first kappa shape index (κ1) is 26.6. The number of benzene rings is 1. The number of fused-ring (bicyclic) bond motifs is 2. The van der Waals surface area contributed by atoms with Crippen molar-refractivity contribution in [3.05, 3.63) is 71.9 Å². The summed E-state index contributed by atoms with van der Waals surface area (Å²) in [6.45, 7) is 9.94. The Hall–Kier alpha value is -3.98. The number of rotatable bonds is 5. The molecule has 8 nitrogen and oxygen atoms in total. The average molecular weight is 531 g/mol. The molecule has 0 aliphatic carbocycles. The van der Waals surface area contributed by atoms with E-state index in [0.717, 1.165) is 54.1 Å². The van der Waals surface area contributed by atoms with Crippen molar-refractivity contribution < 1.29 is 14.3 Å². The molecule has 1 saturated heterocycles. The fourth-order valence-corrected chi connectivity index (χ4v) is 5.39. The zero-order valence-corrected chi connectivity index (χ0v) is 22.8. The number of nitrogens with one attached hydrogen (secondary N) is 2. The van der Waals surface area contributed by atoms with Gasteiger partial charge < -0.3 is 20.6 Å². The molecule has 0 radical (unpaired) electrons. The number of nitrogens with zero attached hydrogens (tertiary/aromatic N) is 4. The minimum atomic E-state index is -0.696. The minimum absolute atomic E-state index is 0.186. The largest absolute Gasteiger partial charge is 0.390 e. The van der Waals surface area contributed by atoms with E-state index in [1.807, 2.05) is 39.8 Å². The van der Waals surface area contributed by atoms with Gasteiger partial charge in [-0.25, -0.2) is 14.4 Å². The first-order valence-corrected chi connectivity index (χ1v) is 13.6. The van der Waals surface area contributed by atoms with Crippen molar-refractivity contribution in [3.63, 3.8) is 0 Å². The summed E-state index contributed by atoms with van der Waals surface area (Å²) >= 11 is 0. The van der Waals surface area contributed by atoms with Gasteiger partial charge in [0.2, 0.25) is 0 Å². The van der Waals surface area contributed by atoms with E-state index in [0.29, 0.717) is 23.6 Å². The summed E-state index contributed by atoms with van der Waals surface area (Å²) in [5.41, 5.74) is 4.59. The smallest absolute Gasteiger partial charge is 0.255 e. The van der Waals surface area contributed by atoms with Crippen LogP contribution in [-0.4, -0.2) is 44.1 Å². The molecule has 2 aliphatic rings. The van der Waals surface area contributed by atoms with Gasteiger partial charge in [-0.15, -0.1) is 0 Å². The monoisotopic (exact) mass is 530 g/mol. The van der Waals surface area contributed by atoms with Crippen LogP contribution in [0, 0.1) is 11.7 Å². The van der Waals surface area contributed by atoms with E-state index in [2.05, 4.69) is 37.6 Å². The third-order valence-electron chi connectivity index (χ3n) is 7.51. The van der Waals surface area contributed by atoms with Crippen molar-refractivity contribution >= 4 is 28.7 Å². The van der Waals surface area contributed by atoms with Gasteiger partial charge in [0.25, 0.3) is 5.91 Å². The van der Waals surface area contributed by atoms with Gasteiger partial charge in [-0.2, -0.15) is 0 Å². The Morgan fingerprint density at radius 2 is 1.90 bits per heavy atom. The molecule has 4 aromatic rings. The van der Waals surface area contributed by atoms with Crippen LogP contribution in [0.3, 0.4) is 0 Å². The number of carbonyl (C=O) groups excluding carboxylic acids is 1. The third kappa shape index (κ3) is 5.18. The van der Waals surface area contributed by atoms with Gasteiger partial charge in [-0.3, -0.25) is 9.20 Å². The van der Waals surface area contributed by atoms with Gasteiger partial charge >= 0.3 is 0 Å². The van der Waals surface area contributed by atoms with Gasteiger partial charge in [0.1, 0.15) is 17.3 Å². The van der Waals surface area contributed by atoms with Crippen LogP contribution in [0.4, 0.5) is 21.6 Å². The maximum atomic E-state index is 13.6. The molecule has 1 atom stereocenters. The molecule has 39 heavy (non-hydrogen) atoms. The number of carbonyl (C=O) groups is 1. The quantitative estimate of drug-likeness (QED) is 0.314. The zero-order chi connectivity index (χ0) is 27.7. The van der Waals surface area contributed by atoms with E-state index < -0.39 is 5.60 Å². The fourth-order valence-electron chi connectivity index (χ4n) is 5.39. The van der Waals surface area contributed by atoms with Crippen LogP contribution >= 0.6 is 0 Å². The lowest BCUT2D eigenvalue weighted by Crippen LogP contribution is -2.44. The predicted molar refractivity (Wildman–Crippen MR) is 152 cm³/mol. The first-order valence-electron chi connectivity index (χ1n) is 13.6.